The number of nitrogens with zero attached hydrogens (tertiary/aromatic N) is 2. The first kappa shape index (κ1) is 18.3. The zero-order valence-electron chi connectivity index (χ0n) is 14.4. The van der Waals surface area contributed by atoms with Gasteiger partial charge in [-0.3, -0.25) is 9.36 Å². The first-order chi connectivity index (χ1) is 13.5. The SMILES string of the molecule is O=C1N=c2ccccc2=C1c1sc(=S)n([C@@H](Cc2ccccc2)C(=O)[O-])c1O. The Kier molecular flexibility index (Phi) is 4.66. The van der Waals surface area contributed by atoms with E-state index in [4.69, 9.17) is 12.2 Å². The van der Waals surface area contributed by atoms with Crippen molar-refractivity contribution in [3.8, 4) is 5.88 Å². The molecule has 0 unspecified atom stereocenters. The van der Waals surface area contributed by atoms with Crippen LogP contribution in [0.1, 0.15) is 16.5 Å². The third kappa shape index (κ3) is 3.06. The number of hydrogen-bond donors (Lipinski definition) is 1. The Labute approximate surface area is 168 Å². The van der Waals surface area contributed by atoms with Crippen LogP contribution < -0.4 is 15.7 Å². The molecule has 140 valence electrons. The van der Waals surface area contributed by atoms with Gasteiger partial charge in [0, 0.05) is 5.22 Å². The largest absolute Gasteiger partial charge is 0.548 e. The van der Waals surface area contributed by atoms with E-state index in [9.17, 15) is 19.8 Å². The number of rotatable bonds is 5. The number of hydrogen-bond acceptors (Lipinski definition) is 6. The summed E-state index contributed by atoms with van der Waals surface area (Å²) in [4.78, 5) is 28.4. The summed E-state index contributed by atoms with van der Waals surface area (Å²) in [6.07, 6.45) is 0.0887. The van der Waals surface area contributed by atoms with Crippen LogP contribution in [0.15, 0.2) is 59.6 Å². The van der Waals surface area contributed by atoms with E-state index in [0.717, 1.165) is 21.5 Å². The summed E-state index contributed by atoms with van der Waals surface area (Å²) in [6.45, 7) is 0. The van der Waals surface area contributed by atoms with Crippen molar-refractivity contribution in [3.63, 3.8) is 0 Å². The molecule has 3 aromatic rings. The van der Waals surface area contributed by atoms with Gasteiger partial charge < -0.3 is 15.0 Å². The van der Waals surface area contributed by atoms with Crippen LogP contribution in [0.25, 0.3) is 5.57 Å². The number of fused-ring (bicyclic) bond motifs is 1. The highest BCUT2D eigenvalue weighted by atomic mass is 32.1. The summed E-state index contributed by atoms with van der Waals surface area (Å²) >= 11 is 6.30. The standard InChI is InChI=1S/C20H14N2O4S2/c23-17-15(12-8-4-5-9-13(12)21-17)16-18(24)22(20(27)28-16)14(19(25)26)10-11-6-2-1-3-7-11/h1-9,14,24H,10H2,(H,25,26)/p-1/t14-/m0/s1. The van der Waals surface area contributed by atoms with E-state index in [-0.39, 0.29) is 26.7 Å². The van der Waals surface area contributed by atoms with Crippen molar-refractivity contribution in [2.24, 2.45) is 4.99 Å². The summed E-state index contributed by atoms with van der Waals surface area (Å²) < 4.78 is 1.28. The molecule has 8 heteroatoms. The van der Waals surface area contributed by atoms with Crippen molar-refractivity contribution in [1.29, 1.82) is 0 Å². The molecule has 1 atom stereocenters. The van der Waals surface area contributed by atoms with Crippen LogP contribution >= 0.6 is 23.6 Å². The molecule has 0 saturated carbocycles. The van der Waals surface area contributed by atoms with Gasteiger partial charge in [0.15, 0.2) is 3.95 Å². The summed E-state index contributed by atoms with van der Waals surface area (Å²) in [6, 6.07) is 14.7. The Morgan fingerprint density at radius 1 is 1.18 bits per heavy atom. The lowest BCUT2D eigenvalue weighted by molar-refractivity contribution is -0.310. The zero-order chi connectivity index (χ0) is 19.8. The number of carboxylic acids is 1. The number of aliphatic carboxylic acids is 1. The van der Waals surface area contributed by atoms with Gasteiger partial charge in [-0.2, -0.15) is 0 Å². The van der Waals surface area contributed by atoms with Gasteiger partial charge in [-0.05, 0) is 30.3 Å². The molecule has 0 bridgehead atoms. The second-order valence-electron chi connectivity index (χ2n) is 6.22. The molecule has 1 N–H and O–H groups in total. The van der Waals surface area contributed by atoms with Gasteiger partial charge >= 0.3 is 0 Å². The number of aromatic nitrogens is 1. The van der Waals surface area contributed by atoms with Crippen molar-refractivity contribution in [2.75, 3.05) is 0 Å². The third-order valence-electron chi connectivity index (χ3n) is 4.51. The van der Waals surface area contributed by atoms with Crippen LogP contribution in [-0.2, 0) is 16.0 Å². The molecule has 1 amide bonds. The fraction of sp³-hybridized carbons (Fsp3) is 0.100. The van der Waals surface area contributed by atoms with E-state index in [1.165, 1.54) is 0 Å². The highest BCUT2D eigenvalue weighted by Gasteiger charge is 2.28. The Balaban J connectivity index is 1.87. The maximum absolute atomic E-state index is 12.4. The van der Waals surface area contributed by atoms with Crippen molar-refractivity contribution < 1.29 is 19.8 Å². The lowest BCUT2D eigenvalue weighted by atomic mass is 10.1. The fourth-order valence-corrected chi connectivity index (χ4v) is 4.65. The van der Waals surface area contributed by atoms with E-state index in [0.29, 0.717) is 10.6 Å². The Morgan fingerprint density at radius 2 is 1.86 bits per heavy atom. The number of aromatic hydroxyl groups is 1. The lowest BCUT2D eigenvalue weighted by Gasteiger charge is -2.20. The second-order valence-corrected chi connectivity index (χ2v) is 7.87. The number of carbonyl (C=O) groups excluding carboxylic acids is 2. The average molecular weight is 409 g/mol. The summed E-state index contributed by atoms with van der Waals surface area (Å²) in [5.74, 6) is -2.23. The van der Waals surface area contributed by atoms with Crippen molar-refractivity contribution in [1.82, 2.24) is 4.57 Å². The Hall–Kier alpha value is -3.10. The van der Waals surface area contributed by atoms with Gasteiger partial charge in [-0.1, -0.05) is 48.5 Å². The van der Waals surface area contributed by atoms with E-state index >= 15 is 0 Å². The number of thiazole rings is 1. The molecule has 0 aliphatic carbocycles. The molecule has 0 radical (unpaired) electrons. The van der Waals surface area contributed by atoms with E-state index in [1.54, 1.807) is 48.5 Å². The lowest BCUT2D eigenvalue weighted by Crippen LogP contribution is -2.34. The molecule has 2 aromatic carbocycles. The van der Waals surface area contributed by atoms with Crippen LogP contribution in [-0.4, -0.2) is 21.6 Å². The molecular weight excluding hydrogens is 396 g/mol. The predicted octanol–water partition coefficient (Wildman–Crippen LogP) is 0.877. The van der Waals surface area contributed by atoms with Gasteiger partial charge in [-0.15, -0.1) is 11.3 Å². The molecule has 0 spiro atoms. The maximum atomic E-state index is 12.4. The van der Waals surface area contributed by atoms with E-state index < -0.39 is 17.9 Å². The summed E-state index contributed by atoms with van der Waals surface area (Å²) in [5, 5.41) is 23.7. The predicted molar refractivity (Wildman–Crippen MR) is 104 cm³/mol. The van der Waals surface area contributed by atoms with Crippen molar-refractivity contribution >= 4 is 41.0 Å². The molecule has 1 aromatic heterocycles. The fourth-order valence-electron chi connectivity index (χ4n) is 3.22. The molecular formula is C20H13N2O4S2-. The maximum Gasteiger partial charge on any atom is 0.279 e. The minimum Gasteiger partial charge on any atom is -0.548 e. The second kappa shape index (κ2) is 7.14. The van der Waals surface area contributed by atoms with Crippen LogP contribution in [0.4, 0.5) is 0 Å². The first-order valence-corrected chi connectivity index (χ1v) is 9.61. The van der Waals surface area contributed by atoms with Gasteiger partial charge in [-0.25, -0.2) is 4.99 Å². The molecule has 6 nitrogen and oxygen atoms in total. The smallest absolute Gasteiger partial charge is 0.279 e. The number of carboxylic acid groups (broad SMARTS) is 1. The van der Waals surface area contributed by atoms with Crippen LogP contribution in [0.2, 0.25) is 0 Å². The third-order valence-corrected chi connectivity index (χ3v) is 5.92. The van der Waals surface area contributed by atoms with E-state index in [2.05, 4.69) is 4.99 Å². The Bertz CT molecular complexity index is 1280. The quantitative estimate of drug-likeness (QED) is 0.631. The minimum absolute atomic E-state index is 0.0887. The minimum atomic E-state index is -1.37. The van der Waals surface area contributed by atoms with Crippen molar-refractivity contribution in [2.45, 2.75) is 12.5 Å². The van der Waals surface area contributed by atoms with Crippen LogP contribution in [0.3, 0.4) is 0 Å². The molecule has 4 rings (SSSR count). The zero-order valence-corrected chi connectivity index (χ0v) is 16.0. The van der Waals surface area contributed by atoms with E-state index in [1.807, 2.05) is 6.07 Å². The van der Waals surface area contributed by atoms with Crippen LogP contribution in [0, 0.1) is 3.95 Å². The topological polar surface area (TPSA) is 94.7 Å². The normalized spacial score (nSPS) is 13.9. The molecule has 0 fully saturated rings. The molecule has 1 aliphatic rings. The first-order valence-electron chi connectivity index (χ1n) is 8.39. The summed E-state index contributed by atoms with van der Waals surface area (Å²) in [5.41, 5.74) is 0.982. The van der Waals surface area contributed by atoms with Crippen molar-refractivity contribution in [3.05, 3.63) is 79.6 Å². The Morgan fingerprint density at radius 3 is 2.57 bits per heavy atom. The van der Waals surface area contributed by atoms with Gasteiger partial charge in [0.05, 0.1) is 22.9 Å². The van der Waals surface area contributed by atoms with Gasteiger partial charge in [0.25, 0.3) is 5.91 Å². The van der Waals surface area contributed by atoms with Crippen LogP contribution in [0.5, 0.6) is 5.88 Å². The monoisotopic (exact) mass is 409 g/mol. The van der Waals surface area contributed by atoms with Gasteiger partial charge in [0.1, 0.15) is 4.88 Å². The number of amides is 1. The molecule has 28 heavy (non-hydrogen) atoms. The van der Waals surface area contributed by atoms with Gasteiger partial charge in [0.2, 0.25) is 5.88 Å². The highest BCUT2D eigenvalue weighted by molar-refractivity contribution is 7.73. The average Bonchev–Trinajstić information content (AvgIpc) is 3.15. The highest BCUT2D eigenvalue weighted by Crippen LogP contribution is 2.35. The number of para-hydroxylation sites is 1. The number of carbonyl (C=O) groups is 2. The molecule has 1 aliphatic heterocycles. The summed E-state index contributed by atoms with van der Waals surface area (Å²) in [7, 11) is 0. The molecule has 0 saturated heterocycles. The number of benzene rings is 2. The molecule has 2 heterocycles.